The number of nitrogens with zero attached hydrogens (tertiary/aromatic N) is 1. The van der Waals surface area contributed by atoms with Crippen LogP contribution in [0.25, 0.3) is 0 Å². The van der Waals surface area contributed by atoms with Gasteiger partial charge in [-0.2, -0.15) is 0 Å². The number of ether oxygens (including phenoxy) is 1. The highest BCUT2D eigenvalue weighted by atomic mass is 32.1. The molecule has 1 saturated heterocycles. The van der Waals surface area contributed by atoms with Crippen LogP contribution >= 0.6 is 11.3 Å². The quantitative estimate of drug-likeness (QED) is 0.709. The van der Waals surface area contributed by atoms with Gasteiger partial charge in [0.15, 0.2) is 0 Å². The fraction of sp³-hybridized carbons (Fsp3) is 0.429. The molecule has 6 heteroatoms. The Hall–Kier alpha value is -2.18. The Morgan fingerprint density at radius 3 is 2.56 bits per heavy atom. The van der Waals surface area contributed by atoms with Gasteiger partial charge in [0.1, 0.15) is 6.04 Å². The molecule has 27 heavy (non-hydrogen) atoms. The van der Waals surface area contributed by atoms with E-state index >= 15 is 0 Å². The first-order valence-electron chi connectivity index (χ1n) is 9.47. The Morgan fingerprint density at radius 2 is 1.85 bits per heavy atom. The van der Waals surface area contributed by atoms with Gasteiger partial charge in [0.2, 0.25) is 11.8 Å². The van der Waals surface area contributed by atoms with Crippen molar-refractivity contribution in [3.8, 4) is 0 Å². The van der Waals surface area contributed by atoms with Gasteiger partial charge >= 0.3 is 0 Å². The van der Waals surface area contributed by atoms with E-state index in [0.717, 1.165) is 24.8 Å². The number of aryl methyl sites for hydroxylation is 1. The lowest BCUT2D eigenvalue weighted by Crippen LogP contribution is -2.47. The van der Waals surface area contributed by atoms with Crippen LogP contribution in [0.15, 0.2) is 47.8 Å². The van der Waals surface area contributed by atoms with Crippen molar-refractivity contribution in [3.05, 3.63) is 58.3 Å². The maximum absolute atomic E-state index is 13.0. The number of hydrogen-bond acceptors (Lipinski definition) is 4. The summed E-state index contributed by atoms with van der Waals surface area (Å²) < 4.78 is 5.33. The molecule has 2 heterocycles. The molecule has 1 atom stereocenters. The van der Waals surface area contributed by atoms with Crippen molar-refractivity contribution in [2.45, 2.75) is 31.7 Å². The predicted molar refractivity (Wildman–Crippen MR) is 107 cm³/mol. The Bertz CT molecular complexity index is 712. The van der Waals surface area contributed by atoms with Gasteiger partial charge in [0.25, 0.3) is 0 Å². The molecule has 1 fully saturated rings. The minimum atomic E-state index is -0.630. The van der Waals surface area contributed by atoms with Crippen molar-refractivity contribution in [2.24, 2.45) is 0 Å². The van der Waals surface area contributed by atoms with Crippen molar-refractivity contribution >= 4 is 23.2 Å². The third-order valence-corrected chi connectivity index (χ3v) is 5.60. The molecule has 1 aromatic heterocycles. The number of unbranched alkanes of at least 4 members (excludes halogenated alkanes) is 1. The van der Waals surface area contributed by atoms with Crippen LogP contribution in [-0.4, -0.2) is 43.0 Å². The lowest BCUT2D eigenvalue weighted by molar-refractivity contribution is -0.140. The highest BCUT2D eigenvalue weighted by Gasteiger charge is 2.28. The number of nitrogens with one attached hydrogen (secondary N) is 1. The first kappa shape index (κ1) is 19.6. The summed E-state index contributed by atoms with van der Waals surface area (Å²) in [5.41, 5.74) is 0.820. The molecule has 1 aliphatic heterocycles. The number of thiophene rings is 1. The van der Waals surface area contributed by atoms with Crippen molar-refractivity contribution < 1.29 is 14.3 Å². The molecule has 0 unspecified atom stereocenters. The van der Waals surface area contributed by atoms with Crippen molar-refractivity contribution in [3.63, 3.8) is 0 Å². The van der Waals surface area contributed by atoms with Gasteiger partial charge in [-0.25, -0.2) is 0 Å². The molecular weight excluding hydrogens is 360 g/mol. The van der Waals surface area contributed by atoms with E-state index in [1.807, 2.05) is 30.3 Å². The van der Waals surface area contributed by atoms with E-state index in [9.17, 15) is 9.59 Å². The van der Waals surface area contributed by atoms with Crippen LogP contribution in [0.5, 0.6) is 0 Å². The van der Waals surface area contributed by atoms with Gasteiger partial charge in [-0.1, -0.05) is 36.4 Å². The number of morpholine rings is 1. The highest BCUT2D eigenvalue weighted by Crippen LogP contribution is 2.18. The third-order valence-electron chi connectivity index (χ3n) is 4.67. The van der Waals surface area contributed by atoms with Crippen LogP contribution in [0.2, 0.25) is 0 Å². The SMILES string of the molecule is O=C(CCCCc1cccs1)N[C@H](C(=O)N1CCOCC1)c1ccccc1. The second-order valence-corrected chi connectivity index (χ2v) is 7.67. The Morgan fingerprint density at radius 1 is 1.07 bits per heavy atom. The van der Waals surface area contributed by atoms with Crippen LogP contribution in [0.1, 0.15) is 35.7 Å². The topological polar surface area (TPSA) is 58.6 Å². The molecule has 1 N–H and O–H groups in total. The molecule has 0 radical (unpaired) electrons. The second-order valence-electron chi connectivity index (χ2n) is 6.64. The summed E-state index contributed by atoms with van der Waals surface area (Å²) in [6, 6.07) is 13.0. The maximum atomic E-state index is 13.0. The minimum absolute atomic E-state index is 0.0589. The highest BCUT2D eigenvalue weighted by molar-refractivity contribution is 7.09. The minimum Gasteiger partial charge on any atom is -0.378 e. The van der Waals surface area contributed by atoms with Crippen molar-refractivity contribution in [2.75, 3.05) is 26.3 Å². The van der Waals surface area contributed by atoms with Crippen LogP contribution in [0.4, 0.5) is 0 Å². The summed E-state index contributed by atoms with van der Waals surface area (Å²) in [5, 5.41) is 5.03. The summed E-state index contributed by atoms with van der Waals surface area (Å²) >= 11 is 1.75. The third kappa shape index (κ3) is 5.91. The average molecular weight is 387 g/mol. The lowest BCUT2D eigenvalue weighted by Gasteiger charge is -2.31. The Labute approximate surface area is 164 Å². The van der Waals surface area contributed by atoms with Crippen LogP contribution in [-0.2, 0) is 20.7 Å². The molecular formula is C21H26N2O3S. The van der Waals surface area contributed by atoms with E-state index in [4.69, 9.17) is 4.74 Å². The van der Waals surface area contributed by atoms with Gasteiger partial charge < -0.3 is 15.0 Å². The zero-order valence-corrected chi connectivity index (χ0v) is 16.2. The average Bonchev–Trinajstić information content (AvgIpc) is 3.24. The van der Waals surface area contributed by atoms with Crippen molar-refractivity contribution in [1.29, 1.82) is 0 Å². The normalized spacial score (nSPS) is 15.3. The van der Waals surface area contributed by atoms with Gasteiger partial charge in [-0.05, 0) is 36.3 Å². The molecule has 0 bridgehead atoms. The second kappa shape index (κ2) is 10.2. The summed E-state index contributed by atoms with van der Waals surface area (Å²) in [7, 11) is 0. The number of carbonyl (C=O) groups is 2. The van der Waals surface area contributed by atoms with E-state index < -0.39 is 6.04 Å². The van der Waals surface area contributed by atoms with E-state index in [1.54, 1.807) is 16.2 Å². The molecule has 3 rings (SSSR count). The van der Waals surface area contributed by atoms with Gasteiger partial charge in [-0.15, -0.1) is 11.3 Å². The molecule has 2 aromatic rings. The molecule has 1 aliphatic rings. The molecule has 144 valence electrons. The first-order chi connectivity index (χ1) is 13.2. The van der Waals surface area contributed by atoms with E-state index in [0.29, 0.717) is 32.7 Å². The number of hydrogen-bond donors (Lipinski definition) is 1. The van der Waals surface area contributed by atoms with Crippen LogP contribution in [0.3, 0.4) is 0 Å². The van der Waals surface area contributed by atoms with Crippen molar-refractivity contribution in [1.82, 2.24) is 10.2 Å². The molecule has 0 spiro atoms. The number of carbonyl (C=O) groups excluding carboxylic acids is 2. The van der Waals surface area contributed by atoms with Gasteiger partial charge in [0, 0.05) is 24.4 Å². The molecule has 0 saturated carbocycles. The molecule has 1 aromatic carbocycles. The zero-order chi connectivity index (χ0) is 18.9. The summed E-state index contributed by atoms with van der Waals surface area (Å²) in [4.78, 5) is 28.6. The molecule has 0 aliphatic carbocycles. The number of rotatable bonds is 8. The fourth-order valence-corrected chi connectivity index (χ4v) is 3.92. The van der Waals surface area contributed by atoms with Gasteiger partial charge in [-0.3, -0.25) is 9.59 Å². The number of amides is 2. The van der Waals surface area contributed by atoms with E-state index in [2.05, 4.69) is 22.8 Å². The smallest absolute Gasteiger partial charge is 0.249 e. The van der Waals surface area contributed by atoms with E-state index in [1.165, 1.54) is 4.88 Å². The largest absolute Gasteiger partial charge is 0.378 e. The summed E-state index contributed by atoms with van der Waals surface area (Å²) in [6.45, 7) is 2.23. The first-order valence-corrected chi connectivity index (χ1v) is 10.4. The number of benzene rings is 1. The van der Waals surface area contributed by atoms with Gasteiger partial charge in [0.05, 0.1) is 13.2 Å². The Kier molecular flexibility index (Phi) is 7.42. The summed E-state index contributed by atoms with van der Waals surface area (Å²) in [6.07, 6.45) is 3.23. The fourth-order valence-electron chi connectivity index (χ4n) is 3.17. The molecule has 2 amide bonds. The zero-order valence-electron chi connectivity index (χ0n) is 15.4. The maximum Gasteiger partial charge on any atom is 0.249 e. The lowest BCUT2D eigenvalue weighted by atomic mass is 10.0. The summed E-state index contributed by atoms with van der Waals surface area (Å²) in [5.74, 6) is -0.131. The predicted octanol–water partition coefficient (Wildman–Crippen LogP) is 3.18. The standard InChI is InChI=1S/C21H26N2O3S/c24-19(11-5-4-9-18-10-6-16-27-18)22-20(17-7-2-1-3-8-17)21(25)23-12-14-26-15-13-23/h1-3,6-8,10,16,20H,4-5,9,11-15H2,(H,22,24)/t20-/m0/s1. The molecule has 5 nitrogen and oxygen atoms in total. The van der Waals surface area contributed by atoms with Crippen LogP contribution < -0.4 is 5.32 Å². The Balaban J connectivity index is 1.55. The monoisotopic (exact) mass is 386 g/mol. The van der Waals surface area contributed by atoms with Crippen LogP contribution in [0, 0.1) is 0 Å². The van der Waals surface area contributed by atoms with E-state index in [-0.39, 0.29) is 11.8 Å².